The summed E-state index contributed by atoms with van der Waals surface area (Å²) in [6, 6.07) is 54.9. The molecule has 0 spiro atoms. The summed E-state index contributed by atoms with van der Waals surface area (Å²) in [6.45, 7) is 0. The van der Waals surface area contributed by atoms with E-state index in [1.807, 2.05) is 0 Å². The van der Waals surface area contributed by atoms with Gasteiger partial charge in [-0.2, -0.15) is 0 Å². The van der Waals surface area contributed by atoms with E-state index in [4.69, 9.17) is 0 Å². The number of rotatable bonds is 0. The number of hydrogen-bond donors (Lipinski definition) is 0. The summed E-state index contributed by atoms with van der Waals surface area (Å²) in [4.78, 5) is 0. The first-order valence-electron chi connectivity index (χ1n) is 14.9. The summed E-state index contributed by atoms with van der Waals surface area (Å²) < 4.78 is 0. The molecule has 0 saturated carbocycles. The van der Waals surface area contributed by atoms with Crippen LogP contribution in [-0.2, 0) is 0 Å². The number of benzene rings is 8. The average molecular weight is 531 g/mol. The molecular formula is C42H26. The molecule has 194 valence electrons. The molecule has 8 aromatic rings. The van der Waals surface area contributed by atoms with Gasteiger partial charge in [-0.15, -0.1) is 0 Å². The smallest absolute Gasteiger partial charge is 0.0212 e. The van der Waals surface area contributed by atoms with Crippen LogP contribution >= 0.6 is 0 Å². The van der Waals surface area contributed by atoms with Gasteiger partial charge in [0.15, 0.2) is 0 Å². The highest BCUT2D eigenvalue weighted by atomic mass is 14.4. The lowest BCUT2D eigenvalue weighted by Gasteiger charge is -2.43. The Morgan fingerprint density at radius 1 is 0.238 bits per heavy atom. The minimum absolute atomic E-state index is 0.228. The predicted octanol–water partition coefficient (Wildman–Crippen LogP) is 11.2. The Kier molecular flexibility index (Phi) is 4.38. The van der Waals surface area contributed by atoms with E-state index in [2.05, 4.69) is 146 Å². The number of fused-ring (bicyclic) bond motifs is 19. The molecule has 0 bridgehead atoms. The maximum Gasteiger partial charge on any atom is 0.0212 e. The highest BCUT2D eigenvalue weighted by Gasteiger charge is 2.43. The summed E-state index contributed by atoms with van der Waals surface area (Å²) in [5.41, 5.74) is 11.4. The summed E-state index contributed by atoms with van der Waals surface area (Å²) in [6.07, 6.45) is 0. The van der Waals surface area contributed by atoms with Crippen LogP contribution in [0.4, 0.5) is 0 Å². The Bertz CT molecular complexity index is 2080. The Labute approximate surface area is 244 Å². The van der Waals surface area contributed by atoms with Crippen LogP contribution in [0.3, 0.4) is 0 Å². The summed E-state index contributed by atoms with van der Waals surface area (Å²) in [7, 11) is 0. The van der Waals surface area contributed by atoms with Crippen molar-refractivity contribution in [1.29, 1.82) is 0 Å². The van der Waals surface area contributed by atoms with Crippen molar-refractivity contribution in [2.24, 2.45) is 0 Å². The molecule has 0 fully saturated rings. The molecule has 0 saturated heterocycles. The van der Waals surface area contributed by atoms with Gasteiger partial charge in [0.2, 0.25) is 0 Å². The SMILES string of the molecule is c1ccc2c3c(ccc2c1)C1c2ccc4ccccc4c2-c2c(ccc4ccccc24)C1c1ccc2ccccc2c1-3. The van der Waals surface area contributed by atoms with Gasteiger partial charge in [-0.05, 0) is 87.6 Å². The number of hydrogen-bond acceptors (Lipinski definition) is 0. The van der Waals surface area contributed by atoms with Gasteiger partial charge in [0.25, 0.3) is 0 Å². The van der Waals surface area contributed by atoms with E-state index >= 15 is 0 Å². The average Bonchev–Trinajstić information content (AvgIpc) is 3.06. The molecule has 0 radical (unpaired) electrons. The Balaban J connectivity index is 1.44. The van der Waals surface area contributed by atoms with Crippen molar-refractivity contribution in [1.82, 2.24) is 0 Å². The molecule has 0 amide bonds. The first-order chi connectivity index (χ1) is 20.9. The summed E-state index contributed by atoms with van der Waals surface area (Å²) >= 11 is 0. The van der Waals surface area contributed by atoms with Crippen LogP contribution in [0, 0.1) is 0 Å². The fraction of sp³-hybridized carbons (Fsp3) is 0.0476. The molecule has 2 aliphatic rings. The molecule has 8 aromatic carbocycles. The molecule has 2 aliphatic carbocycles. The first kappa shape index (κ1) is 22.5. The summed E-state index contributed by atoms with van der Waals surface area (Å²) in [5.74, 6) is 0.457. The van der Waals surface area contributed by atoms with Crippen LogP contribution in [-0.4, -0.2) is 0 Å². The normalized spacial score (nSPS) is 16.6. The summed E-state index contributed by atoms with van der Waals surface area (Å²) in [5, 5.41) is 10.6. The molecule has 0 atom stereocenters. The molecule has 0 unspecified atom stereocenters. The van der Waals surface area contributed by atoms with E-state index in [1.54, 1.807) is 0 Å². The fourth-order valence-electron chi connectivity index (χ4n) is 8.36. The van der Waals surface area contributed by atoms with Gasteiger partial charge < -0.3 is 0 Å². The maximum absolute atomic E-state index is 2.44. The van der Waals surface area contributed by atoms with E-state index in [0.29, 0.717) is 0 Å². The van der Waals surface area contributed by atoms with Crippen LogP contribution in [0.15, 0.2) is 146 Å². The Hall–Kier alpha value is -5.20. The van der Waals surface area contributed by atoms with E-state index in [0.717, 1.165) is 0 Å². The van der Waals surface area contributed by atoms with Gasteiger partial charge >= 0.3 is 0 Å². The zero-order valence-corrected chi connectivity index (χ0v) is 23.0. The van der Waals surface area contributed by atoms with E-state index in [1.165, 1.54) is 87.6 Å². The second-order valence-electron chi connectivity index (χ2n) is 12.0. The third-order valence-corrected chi connectivity index (χ3v) is 10.0. The molecule has 0 N–H and O–H groups in total. The zero-order valence-electron chi connectivity index (χ0n) is 23.0. The fourth-order valence-corrected chi connectivity index (χ4v) is 8.36. The second-order valence-corrected chi connectivity index (χ2v) is 12.0. The third kappa shape index (κ3) is 2.82. The standard InChI is InChI=1S/C42H26/c1-5-13-29-25(9-1)17-21-33-37(29)38-30-14-6-2-10-26(30)18-22-34(38)42-36-24-20-28-12-4-8-16-32(28)40(36)39-31-15-7-3-11-27(31)19-23-35(39)41(33)42/h1-24,41-42H. The molecule has 0 aromatic heterocycles. The van der Waals surface area contributed by atoms with E-state index in [9.17, 15) is 0 Å². The molecular weight excluding hydrogens is 504 g/mol. The minimum atomic E-state index is 0.228. The van der Waals surface area contributed by atoms with E-state index in [-0.39, 0.29) is 11.8 Å². The van der Waals surface area contributed by atoms with Crippen molar-refractivity contribution in [2.45, 2.75) is 11.8 Å². The van der Waals surface area contributed by atoms with Crippen LogP contribution in [0.2, 0.25) is 0 Å². The van der Waals surface area contributed by atoms with Gasteiger partial charge in [0.1, 0.15) is 0 Å². The van der Waals surface area contributed by atoms with Crippen LogP contribution in [0.1, 0.15) is 34.1 Å². The monoisotopic (exact) mass is 530 g/mol. The van der Waals surface area contributed by atoms with Gasteiger partial charge in [-0.25, -0.2) is 0 Å². The minimum Gasteiger partial charge on any atom is -0.0616 e. The van der Waals surface area contributed by atoms with Crippen molar-refractivity contribution in [3.05, 3.63) is 168 Å². The molecule has 0 heterocycles. The van der Waals surface area contributed by atoms with Crippen molar-refractivity contribution < 1.29 is 0 Å². The molecule has 0 nitrogen and oxygen atoms in total. The third-order valence-electron chi connectivity index (χ3n) is 10.0. The van der Waals surface area contributed by atoms with Crippen LogP contribution < -0.4 is 0 Å². The predicted molar refractivity (Wildman–Crippen MR) is 177 cm³/mol. The lowest BCUT2D eigenvalue weighted by atomic mass is 9.60. The van der Waals surface area contributed by atoms with Crippen LogP contribution in [0.5, 0.6) is 0 Å². The van der Waals surface area contributed by atoms with Gasteiger partial charge in [0.05, 0.1) is 0 Å². The van der Waals surface area contributed by atoms with Crippen molar-refractivity contribution >= 4 is 43.1 Å². The topological polar surface area (TPSA) is 0 Å². The Morgan fingerprint density at radius 2 is 0.476 bits per heavy atom. The van der Waals surface area contributed by atoms with Crippen molar-refractivity contribution in [3.8, 4) is 22.3 Å². The lowest BCUT2D eigenvalue weighted by molar-refractivity contribution is 0.681. The highest BCUT2D eigenvalue weighted by Crippen LogP contribution is 2.62. The van der Waals surface area contributed by atoms with Gasteiger partial charge in [0, 0.05) is 11.8 Å². The molecule has 10 rings (SSSR count). The largest absolute Gasteiger partial charge is 0.0616 e. The van der Waals surface area contributed by atoms with Crippen molar-refractivity contribution in [3.63, 3.8) is 0 Å². The van der Waals surface area contributed by atoms with Crippen molar-refractivity contribution in [2.75, 3.05) is 0 Å². The highest BCUT2D eigenvalue weighted by molar-refractivity contribution is 6.13. The first-order valence-corrected chi connectivity index (χ1v) is 14.9. The van der Waals surface area contributed by atoms with Gasteiger partial charge in [-0.3, -0.25) is 0 Å². The van der Waals surface area contributed by atoms with Gasteiger partial charge in [-0.1, -0.05) is 146 Å². The Morgan fingerprint density at radius 3 is 0.738 bits per heavy atom. The quantitative estimate of drug-likeness (QED) is 0.183. The zero-order chi connectivity index (χ0) is 27.4. The van der Waals surface area contributed by atoms with E-state index < -0.39 is 0 Å². The van der Waals surface area contributed by atoms with Crippen LogP contribution in [0.25, 0.3) is 65.3 Å². The molecule has 42 heavy (non-hydrogen) atoms. The molecule has 0 aliphatic heterocycles. The molecule has 0 heteroatoms. The second kappa shape index (κ2) is 8.18. The maximum atomic E-state index is 2.44. The lowest BCUT2D eigenvalue weighted by Crippen LogP contribution is -2.25.